The monoisotopic (exact) mass is 542 g/mol. The zero-order valence-electron chi connectivity index (χ0n) is 24.0. The first-order valence-electron chi connectivity index (χ1n) is 13.5. The molecule has 1 aliphatic rings. The average molecular weight is 543 g/mol. The van der Waals surface area contributed by atoms with E-state index < -0.39 is 0 Å². The molecule has 0 aromatic carbocycles. The first kappa shape index (κ1) is 30.2. The average Bonchev–Trinajstić information content (AvgIpc) is 3.33. The Bertz CT molecular complexity index is 1420. The second kappa shape index (κ2) is 14.7. The fourth-order valence-electron chi connectivity index (χ4n) is 4.21. The number of hydrogen-bond acceptors (Lipinski definition) is 6. The van der Waals surface area contributed by atoms with E-state index in [1.165, 1.54) is 0 Å². The van der Waals surface area contributed by atoms with Crippen LogP contribution in [0.5, 0.6) is 0 Å². The van der Waals surface area contributed by atoms with Gasteiger partial charge >= 0.3 is 0 Å². The first-order valence-corrected chi connectivity index (χ1v) is 13.5. The standard InChI is InChI=1S/C32H38N6O2.2H2/c1-7-13-33-18-26(8-2)12-11-22(3)15-27-16-28(19-34-24(27)5)32(40)37-30-17-29(20-35-25(30)6)36-31(39)21-38-14-9-10-23(38)4;;/h7,13,15-20,23H,1,8-10,14,21H2,2-6H3,(H,36,39)(H,37,40);2*1H/b22-15+,26-18+,33-13?;;/t23-;;/m0../s1. The minimum absolute atomic E-state index is 0. The van der Waals surface area contributed by atoms with Crippen molar-refractivity contribution in [1.82, 2.24) is 14.9 Å². The summed E-state index contributed by atoms with van der Waals surface area (Å²) >= 11 is 0. The van der Waals surface area contributed by atoms with Gasteiger partial charge in [-0.3, -0.25) is 29.4 Å². The van der Waals surface area contributed by atoms with Crippen LogP contribution in [0.3, 0.4) is 0 Å². The molecule has 1 saturated heterocycles. The van der Waals surface area contributed by atoms with Gasteiger partial charge in [0.05, 0.1) is 35.4 Å². The van der Waals surface area contributed by atoms with Crippen molar-refractivity contribution in [2.75, 3.05) is 23.7 Å². The van der Waals surface area contributed by atoms with Crippen molar-refractivity contribution in [3.63, 3.8) is 0 Å². The number of carbonyl (C=O) groups is 2. The molecule has 2 aromatic heterocycles. The number of aliphatic imine (C=N–C) groups is 1. The molecule has 1 aliphatic heterocycles. The van der Waals surface area contributed by atoms with Crippen LogP contribution in [-0.2, 0) is 4.79 Å². The Hall–Kier alpha value is -4.35. The van der Waals surface area contributed by atoms with Crippen LogP contribution in [0.15, 0.2) is 59.5 Å². The van der Waals surface area contributed by atoms with Gasteiger partial charge in [0.1, 0.15) is 0 Å². The zero-order chi connectivity index (χ0) is 29.1. The number of nitrogens with one attached hydrogen (secondary N) is 2. The van der Waals surface area contributed by atoms with Gasteiger partial charge in [0.15, 0.2) is 0 Å². The number of aromatic nitrogens is 2. The summed E-state index contributed by atoms with van der Waals surface area (Å²) in [5.41, 5.74) is 5.43. The van der Waals surface area contributed by atoms with Crippen LogP contribution in [-0.4, -0.2) is 52.0 Å². The fourth-order valence-corrected chi connectivity index (χ4v) is 4.21. The molecule has 2 N–H and O–H groups in total. The van der Waals surface area contributed by atoms with Crippen LogP contribution < -0.4 is 10.6 Å². The number of allylic oxidation sites excluding steroid dienone is 3. The number of likely N-dealkylation sites (tertiary alicyclic amines) is 1. The summed E-state index contributed by atoms with van der Waals surface area (Å²) in [6, 6.07) is 3.92. The van der Waals surface area contributed by atoms with E-state index in [0.29, 0.717) is 35.2 Å². The van der Waals surface area contributed by atoms with Gasteiger partial charge in [0.25, 0.3) is 5.91 Å². The molecule has 1 fully saturated rings. The first-order chi connectivity index (χ1) is 19.2. The van der Waals surface area contributed by atoms with Crippen molar-refractivity contribution in [2.45, 2.75) is 59.9 Å². The smallest absolute Gasteiger partial charge is 0.257 e. The second-order valence-electron chi connectivity index (χ2n) is 9.84. The Balaban J connectivity index is 0.00000441. The normalized spacial score (nSPS) is 16.0. The van der Waals surface area contributed by atoms with E-state index in [4.69, 9.17) is 0 Å². The van der Waals surface area contributed by atoms with Crippen LogP contribution in [0, 0.1) is 25.7 Å². The third-order valence-electron chi connectivity index (χ3n) is 6.64. The van der Waals surface area contributed by atoms with Crippen LogP contribution in [0.1, 0.15) is 70.2 Å². The highest BCUT2D eigenvalue weighted by Crippen LogP contribution is 2.21. The molecule has 212 valence electrons. The van der Waals surface area contributed by atoms with Crippen LogP contribution in [0.2, 0.25) is 0 Å². The van der Waals surface area contributed by atoms with Gasteiger partial charge in [0.2, 0.25) is 5.91 Å². The van der Waals surface area contributed by atoms with E-state index in [0.717, 1.165) is 48.2 Å². The van der Waals surface area contributed by atoms with Gasteiger partial charge in [-0.1, -0.05) is 31.4 Å². The molecular formula is C32H42N6O2. The molecule has 0 unspecified atom stereocenters. The van der Waals surface area contributed by atoms with Crippen molar-refractivity contribution >= 4 is 35.5 Å². The third-order valence-corrected chi connectivity index (χ3v) is 6.64. The highest BCUT2D eigenvalue weighted by molar-refractivity contribution is 6.05. The molecule has 8 heteroatoms. The van der Waals surface area contributed by atoms with Gasteiger partial charge in [-0.15, -0.1) is 0 Å². The molecule has 40 heavy (non-hydrogen) atoms. The number of hydrogen-bond donors (Lipinski definition) is 2. The molecule has 1 atom stereocenters. The summed E-state index contributed by atoms with van der Waals surface area (Å²) in [5, 5.41) is 5.82. The molecule has 3 heterocycles. The van der Waals surface area contributed by atoms with Crippen molar-refractivity contribution in [1.29, 1.82) is 0 Å². The topological polar surface area (TPSA) is 99.6 Å². The largest absolute Gasteiger partial charge is 0.324 e. The van der Waals surface area contributed by atoms with Crippen LogP contribution in [0.4, 0.5) is 11.4 Å². The van der Waals surface area contributed by atoms with E-state index in [9.17, 15) is 9.59 Å². The van der Waals surface area contributed by atoms with Crippen molar-refractivity contribution in [3.05, 3.63) is 77.0 Å². The predicted octanol–water partition coefficient (Wildman–Crippen LogP) is 6.22. The lowest BCUT2D eigenvalue weighted by Gasteiger charge is -2.20. The SMILES string of the molecule is C=CC=N/C=C(/C#C/C(C)=C/c1cc(C(=O)Nc2cc(NC(=O)CN3CCC[C@@H]3C)cnc2C)cnc1C)CC.[HH].[HH]. The summed E-state index contributed by atoms with van der Waals surface area (Å²) in [4.78, 5) is 40.8. The van der Waals surface area contributed by atoms with Crippen LogP contribution >= 0.6 is 0 Å². The molecule has 2 aromatic rings. The van der Waals surface area contributed by atoms with Crippen molar-refractivity contribution in [3.8, 4) is 11.8 Å². The quantitative estimate of drug-likeness (QED) is 0.290. The number of amides is 2. The lowest BCUT2D eigenvalue weighted by molar-refractivity contribution is -0.117. The highest BCUT2D eigenvalue weighted by atomic mass is 16.2. The van der Waals surface area contributed by atoms with E-state index >= 15 is 0 Å². The Morgan fingerprint density at radius 3 is 2.67 bits per heavy atom. The molecule has 0 saturated carbocycles. The number of carbonyl (C=O) groups excluding carboxylic acids is 2. The number of nitrogens with zero attached hydrogens (tertiary/aromatic N) is 4. The molecule has 2 amide bonds. The molecular weight excluding hydrogens is 500 g/mol. The van der Waals surface area contributed by atoms with Crippen molar-refractivity contribution < 1.29 is 12.4 Å². The summed E-state index contributed by atoms with van der Waals surface area (Å²) in [7, 11) is 0. The number of aryl methyl sites for hydroxylation is 2. The highest BCUT2D eigenvalue weighted by Gasteiger charge is 2.22. The van der Waals surface area contributed by atoms with Gasteiger partial charge < -0.3 is 10.6 Å². The van der Waals surface area contributed by atoms with Crippen molar-refractivity contribution in [2.24, 2.45) is 4.99 Å². The maximum absolute atomic E-state index is 13.1. The maximum atomic E-state index is 13.1. The van der Waals surface area contributed by atoms with E-state index in [1.807, 2.05) is 26.8 Å². The van der Waals surface area contributed by atoms with Gasteiger partial charge in [-0.05, 0) is 82.8 Å². The molecule has 8 nitrogen and oxygen atoms in total. The Labute approximate surface area is 240 Å². The third kappa shape index (κ3) is 8.85. The molecule has 0 aliphatic carbocycles. The Morgan fingerprint density at radius 2 is 1.98 bits per heavy atom. The number of pyridine rings is 2. The van der Waals surface area contributed by atoms with E-state index in [-0.39, 0.29) is 14.7 Å². The maximum Gasteiger partial charge on any atom is 0.257 e. The molecule has 0 radical (unpaired) electrons. The number of anilines is 2. The van der Waals surface area contributed by atoms with Crippen LogP contribution in [0.25, 0.3) is 6.08 Å². The molecule has 3 rings (SSSR count). The van der Waals surface area contributed by atoms with Gasteiger partial charge in [-0.2, -0.15) is 0 Å². The minimum atomic E-state index is -0.318. The van der Waals surface area contributed by atoms with E-state index in [1.54, 1.807) is 49.9 Å². The van der Waals surface area contributed by atoms with Gasteiger partial charge in [-0.25, -0.2) is 0 Å². The zero-order valence-corrected chi connectivity index (χ0v) is 24.0. The summed E-state index contributed by atoms with van der Waals surface area (Å²) in [5.74, 6) is 5.87. The predicted molar refractivity (Wildman–Crippen MR) is 168 cm³/mol. The van der Waals surface area contributed by atoms with Gasteiger partial charge in [0, 0.05) is 38.8 Å². The summed E-state index contributed by atoms with van der Waals surface area (Å²) < 4.78 is 0. The Kier molecular flexibility index (Phi) is 11.1. The molecule has 0 spiro atoms. The summed E-state index contributed by atoms with van der Waals surface area (Å²) in [6.07, 6.45) is 13.0. The summed E-state index contributed by atoms with van der Waals surface area (Å²) in [6.45, 7) is 14.6. The minimum Gasteiger partial charge on any atom is -0.324 e. The van der Waals surface area contributed by atoms with E-state index in [2.05, 4.69) is 55.8 Å². The number of rotatable bonds is 9. The fraction of sp³-hybridized carbons (Fsp3) is 0.344. The Morgan fingerprint density at radius 1 is 1.20 bits per heavy atom. The lowest BCUT2D eigenvalue weighted by Crippen LogP contribution is -2.35. The second-order valence-corrected chi connectivity index (χ2v) is 9.84. The molecule has 0 bridgehead atoms. The lowest BCUT2D eigenvalue weighted by atomic mass is 10.1.